The Hall–Kier alpha value is -8.36. The molecule has 456 valence electrons. The monoisotopic (exact) mass is 1180 g/mol. The van der Waals surface area contributed by atoms with E-state index in [-0.39, 0.29) is 37.8 Å². The Morgan fingerprint density at radius 3 is 1.06 bits per heavy atom. The van der Waals surface area contributed by atoms with Gasteiger partial charge in [-0.1, -0.05) is 128 Å². The summed E-state index contributed by atoms with van der Waals surface area (Å²) in [6.07, 6.45) is 2.79. The van der Waals surface area contributed by atoms with Gasteiger partial charge in [0, 0.05) is 36.4 Å². The van der Waals surface area contributed by atoms with Crippen LogP contribution in [0.5, 0.6) is 34.8 Å². The largest absolute Gasteiger partial charge is 0.497 e. The Labute approximate surface area is 506 Å². The van der Waals surface area contributed by atoms with Crippen LogP contribution >= 0.6 is 0 Å². The fourth-order valence-corrected chi connectivity index (χ4v) is 11.5. The summed E-state index contributed by atoms with van der Waals surface area (Å²) in [6.45, 7) is 4.38. The van der Waals surface area contributed by atoms with Gasteiger partial charge in [-0.3, -0.25) is 9.13 Å². The second-order valence-electron chi connectivity index (χ2n) is 21.8. The lowest BCUT2D eigenvalue weighted by Gasteiger charge is -2.37. The molecule has 2 fully saturated rings. The molecule has 2 saturated heterocycles. The predicted molar refractivity (Wildman–Crippen MR) is 326 cm³/mol. The molecular formula is C69H76N4O14. The topological polar surface area (TPSA) is 203 Å². The molecule has 0 spiro atoms. The van der Waals surface area contributed by atoms with E-state index in [0.717, 1.165) is 65.5 Å². The summed E-state index contributed by atoms with van der Waals surface area (Å²) in [6, 6.07) is 50.6. The van der Waals surface area contributed by atoms with Crippen LogP contribution in [0.15, 0.2) is 180 Å². The first-order valence-corrected chi connectivity index (χ1v) is 29.5. The number of ether oxygens (including phenoxy) is 10. The number of methoxy groups -OCH3 is 4. The van der Waals surface area contributed by atoms with Crippen LogP contribution in [0.1, 0.15) is 102 Å². The smallest absolute Gasteiger partial charge is 0.352 e. The Kier molecular flexibility index (Phi) is 20.2. The van der Waals surface area contributed by atoms with Crippen molar-refractivity contribution in [3.05, 3.63) is 236 Å². The summed E-state index contributed by atoms with van der Waals surface area (Å²) < 4.78 is 63.6. The molecule has 2 N–H and O–H groups in total. The Balaban J connectivity index is 0.687. The molecule has 0 radical (unpaired) electrons. The van der Waals surface area contributed by atoms with Crippen molar-refractivity contribution in [2.75, 3.05) is 54.9 Å². The van der Waals surface area contributed by atoms with Crippen LogP contribution in [-0.2, 0) is 30.1 Å². The first-order valence-electron chi connectivity index (χ1n) is 29.5. The van der Waals surface area contributed by atoms with Crippen LogP contribution in [0.2, 0.25) is 0 Å². The third kappa shape index (κ3) is 13.8. The van der Waals surface area contributed by atoms with Crippen molar-refractivity contribution in [2.45, 2.75) is 107 Å². The van der Waals surface area contributed by atoms with Crippen molar-refractivity contribution >= 4 is 0 Å². The van der Waals surface area contributed by atoms with Gasteiger partial charge in [-0.25, -0.2) is 9.59 Å². The zero-order chi connectivity index (χ0) is 60.9. The molecule has 0 bridgehead atoms. The minimum Gasteiger partial charge on any atom is -0.497 e. The van der Waals surface area contributed by atoms with E-state index in [4.69, 9.17) is 47.4 Å². The second-order valence-corrected chi connectivity index (χ2v) is 21.8. The molecular weight excluding hydrogens is 1110 g/mol. The highest BCUT2D eigenvalue weighted by Gasteiger charge is 2.44. The minimum absolute atomic E-state index is 0.00589. The number of rotatable bonds is 28. The maximum atomic E-state index is 13.5. The van der Waals surface area contributed by atoms with Crippen molar-refractivity contribution in [1.82, 2.24) is 19.1 Å². The molecule has 0 aliphatic carbocycles. The molecule has 10 rings (SSSR count). The Bertz CT molecular complexity index is 3270. The van der Waals surface area contributed by atoms with E-state index in [9.17, 15) is 19.8 Å². The first kappa shape index (κ1) is 61.7. The van der Waals surface area contributed by atoms with Crippen molar-refractivity contribution in [2.24, 2.45) is 0 Å². The number of nitrogens with zero attached hydrogens (tertiary/aromatic N) is 4. The number of benzene rings is 6. The summed E-state index contributed by atoms with van der Waals surface area (Å²) in [5.41, 5.74) is 3.05. The van der Waals surface area contributed by atoms with E-state index in [1.54, 1.807) is 40.8 Å². The maximum absolute atomic E-state index is 13.5. The molecule has 0 saturated carbocycles. The quantitative estimate of drug-likeness (QED) is 0.0346. The van der Waals surface area contributed by atoms with E-state index in [0.29, 0.717) is 47.3 Å². The molecule has 6 atom stereocenters. The average molecular weight is 1190 g/mol. The lowest BCUT2D eigenvalue weighted by atomic mass is 9.80. The first-order chi connectivity index (χ1) is 42.4. The SMILES string of the molecule is COc1ccc(C(OC[C@H]2O[C@@H](n3cc(C)c(OCCCCCCCOc4nc(=O)n([C@H]5C[C@H](O)[C@@H](COC(c6ccccc6)(c6ccc(OC)cc6)c6ccc(OC)cc6)O5)cc4C)nc3=O)C[C@@H]2O)(c2ccccc2)c2ccc(OC)cc2)cc1. The van der Waals surface area contributed by atoms with Gasteiger partial charge in [0.15, 0.2) is 0 Å². The lowest BCUT2D eigenvalue weighted by Crippen LogP contribution is -2.38. The Morgan fingerprint density at radius 2 is 0.747 bits per heavy atom. The van der Waals surface area contributed by atoms with Gasteiger partial charge in [0.05, 0.1) is 67.1 Å². The molecule has 2 aromatic heterocycles. The standard InChI is InChI=1S/C69H76N4O14/c1-46-42-72(62-40-58(74)60(86-62)44-84-68(48-18-12-10-13-19-48,50-22-30-54(78-3)31-23-50)51-24-32-55(79-4)33-25-51)66(76)70-64(46)82-38-16-8-7-9-17-39-83-65-47(2)43-73(67(77)71-65)63-41-59(75)61(87-63)45-85-69(49-20-14-11-15-21-49,52-26-34-56(80-5)35-27-52)53-28-36-57(81-6)37-29-53/h10-15,18-37,42-43,58-63,74-75H,7-9,16-17,38-41,44-45H2,1-6H3/t58-,59-,60+,61+,62+,63+/m0/s1. The number of unbranched alkanes of at least 4 members (excludes halogenated alkanes) is 4. The maximum Gasteiger partial charge on any atom is 0.352 e. The van der Waals surface area contributed by atoms with Crippen LogP contribution in [0.3, 0.4) is 0 Å². The molecule has 18 heteroatoms. The summed E-state index contributed by atoms with van der Waals surface area (Å²) >= 11 is 0. The van der Waals surface area contributed by atoms with Gasteiger partial charge in [0.25, 0.3) is 0 Å². The molecule has 18 nitrogen and oxygen atoms in total. The number of aryl methyl sites for hydroxylation is 2. The average Bonchev–Trinajstić information content (AvgIpc) is 1.69. The summed E-state index contributed by atoms with van der Waals surface area (Å²) in [5.74, 6) is 3.29. The summed E-state index contributed by atoms with van der Waals surface area (Å²) in [7, 11) is 6.48. The zero-order valence-electron chi connectivity index (χ0n) is 50.0. The fraction of sp³-hybridized carbons (Fsp3) is 0.362. The second kappa shape index (κ2) is 28.4. The summed E-state index contributed by atoms with van der Waals surface area (Å²) in [5, 5.41) is 22.8. The van der Waals surface area contributed by atoms with Crippen LogP contribution in [0, 0.1) is 13.8 Å². The molecule has 2 aliphatic rings. The molecule has 2 aliphatic heterocycles. The fourth-order valence-electron chi connectivity index (χ4n) is 11.5. The van der Waals surface area contributed by atoms with Crippen LogP contribution < -0.4 is 39.8 Å². The number of aromatic nitrogens is 4. The van der Waals surface area contributed by atoms with Crippen LogP contribution in [0.4, 0.5) is 0 Å². The van der Waals surface area contributed by atoms with E-state index >= 15 is 0 Å². The number of aliphatic hydroxyl groups is 2. The number of hydrogen-bond donors (Lipinski definition) is 2. The summed E-state index contributed by atoms with van der Waals surface area (Å²) in [4.78, 5) is 35.6. The van der Waals surface area contributed by atoms with Crippen LogP contribution in [-0.4, -0.2) is 109 Å². The Morgan fingerprint density at radius 1 is 0.448 bits per heavy atom. The zero-order valence-corrected chi connectivity index (χ0v) is 50.0. The van der Waals surface area contributed by atoms with Crippen molar-refractivity contribution in [3.63, 3.8) is 0 Å². The highest BCUT2D eigenvalue weighted by Crippen LogP contribution is 2.45. The van der Waals surface area contributed by atoms with Crippen molar-refractivity contribution in [3.8, 4) is 34.8 Å². The van der Waals surface area contributed by atoms with Crippen molar-refractivity contribution < 1.29 is 57.6 Å². The van der Waals surface area contributed by atoms with Gasteiger partial charge in [-0.2, -0.15) is 9.97 Å². The van der Waals surface area contributed by atoms with Gasteiger partial charge >= 0.3 is 11.4 Å². The molecule has 4 heterocycles. The van der Waals surface area contributed by atoms with Gasteiger partial charge in [0.1, 0.15) is 58.9 Å². The number of hydrogen-bond acceptors (Lipinski definition) is 16. The predicted octanol–water partition coefficient (Wildman–Crippen LogP) is 10.2. The van der Waals surface area contributed by atoms with E-state index in [1.165, 1.54) is 9.13 Å². The third-order valence-electron chi connectivity index (χ3n) is 16.2. The van der Waals surface area contributed by atoms with Gasteiger partial charge < -0.3 is 57.6 Å². The normalized spacial score (nSPS) is 18.5. The van der Waals surface area contributed by atoms with Crippen molar-refractivity contribution in [1.29, 1.82) is 0 Å². The van der Waals surface area contributed by atoms with E-state index in [2.05, 4.69) is 9.97 Å². The van der Waals surface area contributed by atoms with Gasteiger partial charge in [-0.15, -0.1) is 0 Å². The molecule has 0 unspecified atom stereocenters. The van der Waals surface area contributed by atoms with Crippen LogP contribution in [0.25, 0.3) is 0 Å². The highest BCUT2D eigenvalue weighted by atomic mass is 16.6. The highest BCUT2D eigenvalue weighted by molar-refractivity contribution is 5.51. The number of aliphatic hydroxyl groups excluding tert-OH is 2. The molecule has 8 aromatic rings. The molecule has 87 heavy (non-hydrogen) atoms. The van der Waals surface area contributed by atoms with E-state index in [1.807, 2.05) is 172 Å². The minimum atomic E-state index is -1.12. The molecule has 6 aromatic carbocycles. The van der Waals surface area contributed by atoms with E-state index < -0.39 is 59.5 Å². The molecule has 0 amide bonds. The van der Waals surface area contributed by atoms with Gasteiger partial charge in [0.2, 0.25) is 11.8 Å². The van der Waals surface area contributed by atoms with Gasteiger partial charge in [-0.05, 0) is 109 Å². The lowest BCUT2D eigenvalue weighted by molar-refractivity contribution is -0.0944. The third-order valence-corrected chi connectivity index (χ3v) is 16.2.